The van der Waals surface area contributed by atoms with Crippen molar-refractivity contribution in [3.05, 3.63) is 28.7 Å². The molecule has 1 heterocycles. The van der Waals surface area contributed by atoms with Gasteiger partial charge in [-0.25, -0.2) is 0 Å². The van der Waals surface area contributed by atoms with Crippen LogP contribution >= 0.6 is 27.7 Å². The molecule has 0 saturated heterocycles. The number of hydrogen-bond acceptors (Lipinski definition) is 5. The zero-order valence-corrected chi connectivity index (χ0v) is 13.8. The summed E-state index contributed by atoms with van der Waals surface area (Å²) in [6, 6.07) is 7.72. The number of rotatable bonds is 3. The summed E-state index contributed by atoms with van der Waals surface area (Å²) in [5.74, 6) is 0.791. The molecule has 21 heavy (non-hydrogen) atoms. The van der Waals surface area contributed by atoms with E-state index in [2.05, 4.69) is 26.1 Å². The van der Waals surface area contributed by atoms with E-state index in [1.807, 2.05) is 24.3 Å². The van der Waals surface area contributed by atoms with Gasteiger partial charge in [0.1, 0.15) is 5.78 Å². The van der Waals surface area contributed by atoms with Crippen LogP contribution in [-0.2, 0) is 4.79 Å². The Hall–Kier alpha value is -1.14. The van der Waals surface area contributed by atoms with Gasteiger partial charge in [0.15, 0.2) is 0 Å². The van der Waals surface area contributed by atoms with Gasteiger partial charge in [-0.05, 0) is 31.0 Å². The van der Waals surface area contributed by atoms with Gasteiger partial charge in [0.2, 0.25) is 5.89 Å². The lowest BCUT2D eigenvalue weighted by molar-refractivity contribution is -0.118. The highest BCUT2D eigenvalue weighted by Gasteiger charge is 2.24. The van der Waals surface area contributed by atoms with Crippen LogP contribution in [0, 0.1) is 0 Å². The molecule has 0 N–H and O–H groups in total. The molecule has 1 unspecified atom stereocenters. The third-order valence-electron chi connectivity index (χ3n) is 3.47. The van der Waals surface area contributed by atoms with Crippen molar-refractivity contribution in [2.45, 2.75) is 42.6 Å². The first-order valence-electron chi connectivity index (χ1n) is 7.01. The van der Waals surface area contributed by atoms with Crippen molar-refractivity contribution in [3.63, 3.8) is 0 Å². The van der Waals surface area contributed by atoms with Crippen molar-refractivity contribution in [3.8, 4) is 11.5 Å². The van der Waals surface area contributed by atoms with E-state index in [4.69, 9.17) is 4.42 Å². The first kappa shape index (κ1) is 14.8. The molecule has 1 aromatic heterocycles. The summed E-state index contributed by atoms with van der Waals surface area (Å²) in [5.41, 5.74) is 0.871. The van der Waals surface area contributed by atoms with E-state index in [1.54, 1.807) is 0 Å². The first-order chi connectivity index (χ1) is 10.2. The first-order valence-corrected chi connectivity index (χ1v) is 8.68. The number of aromatic nitrogens is 2. The molecule has 1 fully saturated rings. The van der Waals surface area contributed by atoms with Crippen LogP contribution in [-0.4, -0.2) is 21.2 Å². The average Bonchev–Trinajstić information content (AvgIpc) is 2.85. The molecule has 1 aromatic carbocycles. The van der Waals surface area contributed by atoms with E-state index in [1.165, 1.54) is 11.8 Å². The van der Waals surface area contributed by atoms with Gasteiger partial charge in [0.05, 0.1) is 5.25 Å². The summed E-state index contributed by atoms with van der Waals surface area (Å²) in [7, 11) is 0. The molecule has 3 rings (SSSR count). The Morgan fingerprint density at radius 2 is 2.14 bits per heavy atom. The number of carbonyl (C=O) groups is 1. The highest BCUT2D eigenvalue weighted by molar-refractivity contribution is 9.10. The predicted octanol–water partition coefficient (Wildman–Crippen LogP) is 4.49. The highest BCUT2D eigenvalue weighted by Crippen LogP contribution is 2.32. The van der Waals surface area contributed by atoms with E-state index in [0.717, 1.165) is 35.7 Å². The molecule has 1 aliphatic carbocycles. The van der Waals surface area contributed by atoms with E-state index >= 15 is 0 Å². The van der Waals surface area contributed by atoms with Crippen LogP contribution < -0.4 is 0 Å². The molecule has 110 valence electrons. The molecule has 0 bridgehead atoms. The minimum absolute atomic E-state index is 0.0386. The average molecular weight is 367 g/mol. The van der Waals surface area contributed by atoms with Crippen LogP contribution in [0.4, 0.5) is 0 Å². The monoisotopic (exact) mass is 366 g/mol. The maximum atomic E-state index is 12.0. The van der Waals surface area contributed by atoms with Crippen LogP contribution in [0.5, 0.6) is 0 Å². The summed E-state index contributed by atoms with van der Waals surface area (Å²) in [4.78, 5) is 12.0. The molecule has 0 radical (unpaired) electrons. The number of ketones is 1. The van der Waals surface area contributed by atoms with Gasteiger partial charge in [-0.1, -0.05) is 46.6 Å². The lowest BCUT2D eigenvalue weighted by atomic mass is 10.2. The zero-order chi connectivity index (χ0) is 14.7. The van der Waals surface area contributed by atoms with Crippen LogP contribution in [0.3, 0.4) is 0 Å². The van der Waals surface area contributed by atoms with E-state index in [-0.39, 0.29) is 5.25 Å². The Morgan fingerprint density at radius 1 is 1.24 bits per heavy atom. The maximum Gasteiger partial charge on any atom is 0.277 e. The number of thioether (sulfide) groups is 1. The van der Waals surface area contributed by atoms with Gasteiger partial charge in [-0.3, -0.25) is 4.79 Å². The zero-order valence-electron chi connectivity index (χ0n) is 11.4. The lowest BCUT2D eigenvalue weighted by Crippen LogP contribution is -2.14. The van der Waals surface area contributed by atoms with Crippen molar-refractivity contribution >= 4 is 33.5 Å². The van der Waals surface area contributed by atoms with Crippen molar-refractivity contribution in [1.29, 1.82) is 0 Å². The maximum absolute atomic E-state index is 12.0. The van der Waals surface area contributed by atoms with Gasteiger partial charge >= 0.3 is 0 Å². The topological polar surface area (TPSA) is 56.0 Å². The second-order valence-corrected chi connectivity index (χ2v) is 7.13. The van der Waals surface area contributed by atoms with Gasteiger partial charge in [0.25, 0.3) is 5.22 Å². The summed E-state index contributed by atoms with van der Waals surface area (Å²) < 4.78 is 6.65. The minimum Gasteiger partial charge on any atom is -0.411 e. The van der Waals surface area contributed by atoms with Crippen LogP contribution in [0.1, 0.15) is 32.1 Å². The number of halogens is 1. The molecular formula is C15H15BrN2O2S. The number of Topliss-reactive ketones (excluding diaryl/α,β-unsaturated/α-hetero) is 1. The molecule has 1 aliphatic rings. The van der Waals surface area contributed by atoms with Crippen molar-refractivity contribution < 1.29 is 9.21 Å². The molecular weight excluding hydrogens is 352 g/mol. The Morgan fingerprint density at radius 3 is 3.00 bits per heavy atom. The van der Waals surface area contributed by atoms with Crippen LogP contribution in [0.15, 0.2) is 38.4 Å². The van der Waals surface area contributed by atoms with Gasteiger partial charge in [-0.15, -0.1) is 10.2 Å². The molecule has 0 aliphatic heterocycles. The Bertz CT molecular complexity index is 644. The van der Waals surface area contributed by atoms with E-state index < -0.39 is 0 Å². The molecule has 6 heteroatoms. The third kappa shape index (κ3) is 3.74. The quantitative estimate of drug-likeness (QED) is 0.748. The van der Waals surface area contributed by atoms with Gasteiger partial charge in [0, 0.05) is 16.5 Å². The van der Waals surface area contributed by atoms with Gasteiger partial charge in [-0.2, -0.15) is 0 Å². The second kappa shape index (κ2) is 6.75. The third-order valence-corrected chi connectivity index (χ3v) is 5.11. The largest absolute Gasteiger partial charge is 0.411 e. The number of benzene rings is 1. The summed E-state index contributed by atoms with van der Waals surface area (Å²) in [6.45, 7) is 0. The minimum atomic E-state index is -0.0386. The van der Waals surface area contributed by atoms with Crippen LogP contribution in [0.2, 0.25) is 0 Å². The fourth-order valence-corrected chi connectivity index (χ4v) is 3.76. The normalized spacial score (nSPS) is 19.5. The number of hydrogen-bond donors (Lipinski definition) is 0. The molecule has 0 amide bonds. The SMILES string of the molecule is O=C1CCCCCC1Sc1nnc(-c2cccc(Br)c2)o1. The molecule has 2 aromatic rings. The Labute approximate surface area is 135 Å². The molecule has 1 saturated carbocycles. The highest BCUT2D eigenvalue weighted by atomic mass is 79.9. The van der Waals surface area contributed by atoms with Crippen LogP contribution in [0.25, 0.3) is 11.5 Å². The Balaban J connectivity index is 1.74. The second-order valence-electron chi connectivity index (χ2n) is 5.06. The molecule has 1 atom stereocenters. The van der Waals surface area contributed by atoms with E-state index in [0.29, 0.717) is 23.3 Å². The van der Waals surface area contributed by atoms with Crippen molar-refractivity contribution in [2.24, 2.45) is 0 Å². The summed E-state index contributed by atoms with van der Waals surface area (Å²) in [6.07, 6.45) is 4.80. The fraction of sp³-hybridized carbons (Fsp3) is 0.400. The molecule has 4 nitrogen and oxygen atoms in total. The predicted molar refractivity (Wildman–Crippen MR) is 85.2 cm³/mol. The van der Waals surface area contributed by atoms with Crippen molar-refractivity contribution in [2.75, 3.05) is 0 Å². The summed E-state index contributed by atoms with van der Waals surface area (Å²) >= 11 is 4.83. The standard InChI is InChI=1S/C15H15BrN2O2S/c16-11-6-4-5-10(9-11)14-17-18-15(20-14)21-13-8-3-1-2-7-12(13)19/h4-6,9,13H,1-3,7-8H2. The Kier molecular flexibility index (Phi) is 4.75. The smallest absolute Gasteiger partial charge is 0.277 e. The fourth-order valence-electron chi connectivity index (χ4n) is 2.37. The molecule has 0 spiro atoms. The number of carbonyl (C=O) groups excluding carboxylic acids is 1. The number of nitrogens with zero attached hydrogens (tertiary/aromatic N) is 2. The van der Waals surface area contributed by atoms with E-state index in [9.17, 15) is 4.79 Å². The van der Waals surface area contributed by atoms with Gasteiger partial charge < -0.3 is 4.42 Å². The lowest BCUT2D eigenvalue weighted by Gasteiger charge is -2.08. The van der Waals surface area contributed by atoms with Crippen molar-refractivity contribution in [1.82, 2.24) is 10.2 Å². The summed E-state index contributed by atoms with van der Waals surface area (Å²) in [5, 5.41) is 8.57.